The molecule has 1 heterocycles. The molecule has 3 fully saturated rings. The first-order valence-electron chi connectivity index (χ1n) is 20.3. The highest BCUT2D eigenvalue weighted by molar-refractivity contribution is 14.1. The number of fused-ring (bicyclic) bond motifs is 2. The summed E-state index contributed by atoms with van der Waals surface area (Å²) in [7, 11) is 1.73. The highest BCUT2D eigenvalue weighted by atomic mass is 127. The van der Waals surface area contributed by atoms with E-state index in [0.29, 0.717) is 16.1 Å². The van der Waals surface area contributed by atoms with Gasteiger partial charge in [0.2, 0.25) is 6.79 Å². The predicted octanol–water partition coefficient (Wildman–Crippen LogP) is 6.17. The minimum atomic E-state index is -1.12. The molecule has 1 N–H and O–H groups in total. The van der Waals surface area contributed by atoms with Crippen LogP contribution in [0.5, 0.6) is 11.5 Å². The quantitative estimate of drug-likeness (QED) is 0.0335. The fourth-order valence-electron chi connectivity index (χ4n) is 10.3. The summed E-state index contributed by atoms with van der Waals surface area (Å²) in [5.74, 6) is -1.75. The summed E-state index contributed by atoms with van der Waals surface area (Å²) in [6.07, 6.45) is 1.53. The summed E-state index contributed by atoms with van der Waals surface area (Å²) in [6, 6.07) is 3.93. The number of hydrogen-bond acceptors (Lipinski definition) is 15. The van der Waals surface area contributed by atoms with Gasteiger partial charge in [-0.25, -0.2) is 7.91 Å². The van der Waals surface area contributed by atoms with Gasteiger partial charge in [0.25, 0.3) is 0 Å². The standard InChI is InChI=1S/C42H57I2NO14/c1-9-40-17-28-35(39(7,51)38(4,5)6)42(28,52-8)36-41(40,21-43)33-26(16-30(40)45(44)18-25-10-11-25)12-13-29(34(33)59-36)58-37(50)56-22-55-31(48)14-15-32(49)57-27(19-53-23(2)46)20-54-24(3)47/h12-13,25,27-28,30,35-36,51H,9-11,14-22H2,1-8H3/t28-,30?,35?,36-,39?,40-,41+,42+/m1/s1. The van der Waals surface area contributed by atoms with Gasteiger partial charge in [-0.1, -0.05) is 56.4 Å². The van der Waals surface area contributed by atoms with Gasteiger partial charge >= 0.3 is 30.0 Å². The number of nitrogens with zero attached hydrogens (tertiary/aromatic N) is 1. The molecular formula is C42H57I2NO14. The number of alkyl halides is 1. The Morgan fingerprint density at radius 3 is 2.19 bits per heavy atom. The molecule has 17 heteroatoms. The first kappa shape index (κ1) is 46.0. The van der Waals surface area contributed by atoms with Gasteiger partial charge in [-0.2, -0.15) is 0 Å². The maximum atomic E-state index is 13.2. The van der Waals surface area contributed by atoms with Gasteiger partial charge in [0.1, 0.15) is 24.9 Å². The van der Waals surface area contributed by atoms with Crippen molar-refractivity contribution in [3.8, 4) is 11.5 Å². The molecule has 0 amide bonds. The first-order chi connectivity index (χ1) is 27.7. The van der Waals surface area contributed by atoms with E-state index in [1.165, 1.54) is 26.7 Å². The number of hydrogen-bond donors (Lipinski definition) is 1. The Balaban J connectivity index is 1.18. The maximum absolute atomic E-state index is 13.2. The third-order valence-corrected chi connectivity index (χ3v) is 16.1. The van der Waals surface area contributed by atoms with Crippen LogP contribution in [0.4, 0.5) is 4.79 Å². The van der Waals surface area contributed by atoms with Crippen molar-refractivity contribution in [1.29, 1.82) is 0 Å². The van der Waals surface area contributed by atoms with Crippen molar-refractivity contribution in [2.45, 2.75) is 128 Å². The van der Waals surface area contributed by atoms with Crippen LogP contribution in [0.25, 0.3) is 0 Å². The minimum Gasteiger partial charge on any atom is -0.482 e. The molecule has 0 spiro atoms. The average molecular weight is 1050 g/mol. The van der Waals surface area contributed by atoms with Crippen LogP contribution in [0, 0.1) is 28.6 Å². The highest BCUT2D eigenvalue weighted by Crippen LogP contribution is 2.80. The molecule has 1 aliphatic heterocycles. The van der Waals surface area contributed by atoms with E-state index in [0.717, 1.165) is 36.9 Å². The Morgan fingerprint density at radius 2 is 1.63 bits per heavy atom. The van der Waals surface area contributed by atoms with Gasteiger partial charge in [-0.3, -0.25) is 19.2 Å². The largest absolute Gasteiger partial charge is 0.516 e. The summed E-state index contributed by atoms with van der Waals surface area (Å²) in [5, 5.41) is 12.4. The van der Waals surface area contributed by atoms with Crippen LogP contribution in [0.1, 0.15) is 98.1 Å². The Morgan fingerprint density at radius 1 is 0.983 bits per heavy atom. The molecule has 0 aromatic heterocycles. The maximum Gasteiger partial charge on any atom is 0.516 e. The van der Waals surface area contributed by atoms with Crippen LogP contribution in [-0.4, -0.2) is 106 Å². The average Bonchev–Trinajstić information content (AvgIpc) is 4.08. The summed E-state index contributed by atoms with van der Waals surface area (Å²) in [4.78, 5) is 60.4. The zero-order chi connectivity index (χ0) is 43.3. The number of esters is 4. The highest BCUT2D eigenvalue weighted by Gasteiger charge is 2.88. The van der Waals surface area contributed by atoms with Crippen molar-refractivity contribution < 1.29 is 67.0 Å². The van der Waals surface area contributed by atoms with Crippen LogP contribution in [0.3, 0.4) is 0 Å². The van der Waals surface area contributed by atoms with Crippen LogP contribution >= 0.6 is 45.5 Å². The SMILES string of the molecule is CC[C@]12C[C@@H]3C(C(C)(O)C(C)(C)C)[C@]3(OC)[C@@H]3Oc4c(OC(=O)OCOC(=O)CCC(=O)OC(COC(C)=O)COC(C)=O)ccc(c4[C@@]31CI)CC2N(I)CC1CC1. The van der Waals surface area contributed by atoms with Crippen LogP contribution < -0.4 is 9.47 Å². The summed E-state index contributed by atoms with van der Waals surface area (Å²) in [6.45, 7) is 12.3. The summed E-state index contributed by atoms with van der Waals surface area (Å²) in [5.41, 5.74) is -0.980. The van der Waals surface area contributed by atoms with E-state index in [-0.39, 0.29) is 42.3 Å². The van der Waals surface area contributed by atoms with Gasteiger partial charge in [0.15, 0.2) is 17.6 Å². The van der Waals surface area contributed by atoms with E-state index in [1.54, 1.807) is 13.2 Å². The number of halogens is 2. The minimum absolute atomic E-state index is 0.0284. The fourth-order valence-corrected chi connectivity index (χ4v) is 13.1. The van der Waals surface area contributed by atoms with E-state index >= 15 is 0 Å². The van der Waals surface area contributed by atoms with Crippen molar-refractivity contribution in [3.05, 3.63) is 23.3 Å². The van der Waals surface area contributed by atoms with Crippen molar-refractivity contribution in [1.82, 2.24) is 3.11 Å². The Hall–Kier alpha value is -2.49. The Bertz CT molecular complexity index is 1790. The lowest BCUT2D eigenvalue weighted by atomic mass is 9.45. The molecule has 6 rings (SSSR count). The predicted molar refractivity (Wildman–Crippen MR) is 227 cm³/mol. The smallest absolute Gasteiger partial charge is 0.482 e. The molecule has 5 aliphatic rings. The number of benzene rings is 1. The van der Waals surface area contributed by atoms with E-state index in [1.807, 2.05) is 13.0 Å². The van der Waals surface area contributed by atoms with Crippen LogP contribution in [0.15, 0.2) is 12.1 Å². The normalized spacial score (nSPS) is 29.6. The molecule has 3 saturated carbocycles. The third kappa shape index (κ3) is 8.28. The number of methoxy groups -OCH3 is 1. The van der Waals surface area contributed by atoms with E-state index in [9.17, 15) is 29.1 Å². The van der Waals surface area contributed by atoms with Gasteiger partial charge < -0.3 is 43.0 Å². The second-order valence-electron chi connectivity index (χ2n) is 17.9. The zero-order valence-corrected chi connectivity index (χ0v) is 39.4. The van der Waals surface area contributed by atoms with E-state index in [4.69, 9.17) is 37.9 Å². The molecule has 59 heavy (non-hydrogen) atoms. The van der Waals surface area contributed by atoms with Crippen LogP contribution in [0.2, 0.25) is 0 Å². The second kappa shape index (κ2) is 17.3. The molecule has 1 aromatic rings. The molecule has 3 unspecified atom stereocenters. The molecule has 0 bridgehead atoms. The van der Waals surface area contributed by atoms with E-state index in [2.05, 4.69) is 76.3 Å². The summed E-state index contributed by atoms with van der Waals surface area (Å²) >= 11 is 5.05. The van der Waals surface area contributed by atoms with Crippen molar-refractivity contribution >= 4 is 75.5 Å². The van der Waals surface area contributed by atoms with Crippen molar-refractivity contribution in [3.63, 3.8) is 0 Å². The van der Waals surface area contributed by atoms with Gasteiger partial charge in [-0.15, -0.1) is 0 Å². The Kier molecular flexibility index (Phi) is 13.5. The lowest BCUT2D eigenvalue weighted by Crippen LogP contribution is -2.70. The van der Waals surface area contributed by atoms with Gasteiger partial charge in [0, 0.05) is 83.7 Å². The van der Waals surface area contributed by atoms with Crippen LogP contribution in [-0.2, 0) is 59.4 Å². The van der Waals surface area contributed by atoms with E-state index < -0.39 is 83.9 Å². The molecular weight excluding hydrogens is 996 g/mol. The van der Waals surface area contributed by atoms with Gasteiger partial charge in [0.05, 0.1) is 23.9 Å². The topological polar surface area (TPSA) is 183 Å². The molecule has 15 nitrogen and oxygen atoms in total. The van der Waals surface area contributed by atoms with Crippen molar-refractivity contribution in [2.75, 3.05) is 38.1 Å². The molecule has 8 atom stereocenters. The fraction of sp³-hybridized carbons (Fsp3) is 0.738. The molecule has 0 saturated heterocycles. The first-order valence-corrected chi connectivity index (χ1v) is 22.8. The number of carbonyl (C=O) groups excluding carboxylic acids is 5. The van der Waals surface area contributed by atoms with Gasteiger partial charge in [-0.05, 0) is 62.0 Å². The molecule has 4 aliphatic carbocycles. The third-order valence-electron chi connectivity index (χ3n) is 13.8. The number of rotatable bonds is 18. The summed E-state index contributed by atoms with van der Waals surface area (Å²) < 4.78 is 47.9. The molecule has 1 aromatic carbocycles. The number of aliphatic hydroxyl groups is 1. The second-order valence-corrected chi connectivity index (χ2v) is 19.9. The molecule has 328 valence electrons. The zero-order valence-electron chi connectivity index (χ0n) is 35.1. The van der Waals surface area contributed by atoms with Crippen molar-refractivity contribution in [2.24, 2.45) is 28.6 Å². The lowest BCUT2D eigenvalue weighted by Gasteiger charge is -2.62. The lowest BCUT2D eigenvalue weighted by molar-refractivity contribution is -0.166. The Labute approximate surface area is 373 Å². The number of carbonyl (C=O) groups is 5. The molecule has 0 radical (unpaired) electrons. The number of ether oxygens (including phenoxy) is 8. The monoisotopic (exact) mass is 1050 g/mol.